The summed E-state index contributed by atoms with van der Waals surface area (Å²) in [5, 5.41) is 13.8. The molecule has 1 aromatic carbocycles. The van der Waals surface area contributed by atoms with Gasteiger partial charge in [0, 0.05) is 5.92 Å². The molecule has 38 heavy (non-hydrogen) atoms. The lowest BCUT2D eigenvalue weighted by molar-refractivity contribution is -0.131. The zero-order valence-corrected chi connectivity index (χ0v) is 22.6. The molecule has 3 atom stereocenters. The van der Waals surface area contributed by atoms with Crippen molar-refractivity contribution in [2.45, 2.75) is 70.5 Å². The first kappa shape index (κ1) is 27.2. The Morgan fingerprint density at radius 1 is 1.21 bits per heavy atom. The van der Waals surface area contributed by atoms with Crippen LogP contribution in [0.1, 0.15) is 75.3 Å². The molecular formula is C29H38N6O3. The smallest absolute Gasteiger partial charge is 0.257 e. The minimum atomic E-state index is -1.28. The van der Waals surface area contributed by atoms with Gasteiger partial charge in [-0.3, -0.25) is 14.4 Å². The number of carbonyl (C=O) groups is 3. The molecule has 2 aromatic rings. The number of nitrogens with zero attached hydrogens (tertiary/aromatic N) is 2. The third kappa shape index (κ3) is 5.23. The summed E-state index contributed by atoms with van der Waals surface area (Å²) in [5.41, 5.74) is 6.35. The Labute approximate surface area is 223 Å². The Bertz CT molecular complexity index is 1260. The van der Waals surface area contributed by atoms with Gasteiger partial charge in [-0.1, -0.05) is 68.0 Å². The third-order valence-electron chi connectivity index (χ3n) is 7.74. The lowest BCUT2D eigenvalue weighted by Gasteiger charge is -2.40. The van der Waals surface area contributed by atoms with E-state index in [1.165, 1.54) is 5.57 Å². The second-order valence-corrected chi connectivity index (χ2v) is 10.7. The lowest BCUT2D eigenvalue weighted by Crippen LogP contribution is -2.63. The molecule has 0 radical (unpaired) electrons. The largest absolute Gasteiger partial charge is 0.368 e. The highest BCUT2D eigenvalue weighted by molar-refractivity contribution is 6.03. The third-order valence-corrected chi connectivity index (χ3v) is 7.74. The number of nitrogens with one attached hydrogen (secondary N) is 3. The molecule has 1 aromatic heterocycles. The summed E-state index contributed by atoms with van der Waals surface area (Å²) in [4.78, 5) is 38.9. The van der Waals surface area contributed by atoms with Crippen molar-refractivity contribution >= 4 is 23.5 Å². The number of carbonyl (C=O) groups excluding carboxylic acids is 3. The molecule has 2 aliphatic rings. The SMILES string of the molecule is CCC1=CCC(C(CC)(NC(=O)c2cnn3c2N[C@@H](c2ccccc2)CC3(C)C)C(=O)NCC(N)=O)C=C1. The molecule has 2 unspecified atom stereocenters. The van der Waals surface area contributed by atoms with Crippen LogP contribution in [0.2, 0.25) is 0 Å². The molecule has 202 valence electrons. The minimum absolute atomic E-state index is 0.00405. The first-order valence-corrected chi connectivity index (χ1v) is 13.3. The minimum Gasteiger partial charge on any atom is -0.368 e. The molecular weight excluding hydrogens is 480 g/mol. The van der Waals surface area contributed by atoms with E-state index >= 15 is 0 Å². The van der Waals surface area contributed by atoms with Crippen LogP contribution in [0.4, 0.5) is 5.82 Å². The van der Waals surface area contributed by atoms with Crippen molar-refractivity contribution in [1.82, 2.24) is 20.4 Å². The molecule has 0 saturated carbocycles. The molecule has 0 saturated heterocycles. The number of anilines is 1. The number of benzene rings is 1. The predicted molar refractivity (Wildman–Crippen MR) is 147 cm³/mol. The van der Waals surface area contributed by atoms with Crippen molar-refractivity contribution in [3.63, 3.8) is 0 Å². The van der Waals surface area contributed by atoms with Crippen LogP contribution in [0, 0.1) is 5.92 Å². The lowest BCUT2D eigenvalue weighted by atomic mass is 9.75. The Hall–Kier alpha value is -3.88. The van der Waals surface area contributed by atoms with E-state index in [2.05, 4.69) is 60.0 Å². The summed E-state index contributed by atoms with van der Waals surface area (Å²) >= 11 is 0. The van der Waals surface area contributed by atoms with Crippen LogP contribution >= 0.6 is 0 Å². The van der Waals surface area contributed by atoms with E-state index in [-0.39, 0.29) is 24.0 Å². The Balaban J connectivity index is 1.67. The number of hydrogen-bond donors (Lipinski definition) is 4. The number of rotatable bonds is 9. The molecule has 0 fully saturated rings. The summed E-state index contributed by atoms with van der Waals surface area (Å²) in [6.45, 7) is 7.82. The number of amides is 3. The van der Waals surface area contributed by atoms with Crippen LogP contribution in [-0.2, 0) is 15.1 Å². The number of aromatic nitrogens is 2. The molecule has 1 aliphatic heterocycles. The monoisotopic (exact) mass is 518 g/mol. The summed E-state index contributed by atoms with van der Waals surface area (Å²) in [7, 11) is 0. The number of hydrogen-bond acceptors (Lipinski definition) is 5. The molecule has 3 amide bonds. The van der Waals surface area contributed by atoms with Gasteiger partial charge in [-0.05, 0) is 45.1 Å². The summed E-state index contributed by atoms with van der Waals surface area (Å²) in [6, 6.07) is 10.1. The van der Waals surface area contributed by atoms with Crippen LogP contribution in [0.15, 0.2) is 60.3 Å². The average Bonchev–Trinajstić information content (AvgIpc) is 3.36. The van der Waals surface area contributed by atoms with Gasteiger partial charge in [-0.25, -0.2) is 4.68 Å². The van der Waals surface area contributed by atoms with E-state index < -0.39 is 23.3 Å². The van der Waals surface area contributed by atoms with E-state index in [1.807, 2.05) is 42.0 Å². The fourth-order valence-electron chi connectivity index (χ4n) is 5.52. The van der Waals surface area contributed by atoms with Gasteiger partial charge in [0.15, 0.2) is 0 Å². The number of allylic oxidation sites excluding steroid dienone is 3. The topological polar surface area (TPSA) is 131 Å². The fourth-order valence-corrected chi connectivity index (χ4v) is 5.52. The molecule has 1 aliphatic carbocycles. The number of nitrogens with two attached hydrogens (primary N) is 1. The zero-order valence-electron chi connectivity index (χ0n) is 22.6. The van der Waals surface area contributed by atoms with E-state index in [4.69, 9.17) is 5.73 Å². The fraction of sp³-hybridized carbons (Fsp3) is 0.448. The van der Waals surface area contributed by atoms with Gasteiger partial charge < -0.3 is 21.7 Å². The van der Waals surface area contributed by atoms with Crippen LogP contribution < -0.4 is 21.7 Å². The number of primary amides is 1. The first-order chi connectivity index (χ1) is 18.1. The Morgan fingerprint density at radius 3 is 2.55 bits per heavy atom. The van der Waals surface area contributed by atoms with Gasteiger partial charge in [0.1, 0.15) is 16.9 Å². The predicted octanol–water partition coefficient (Wildman–Crippen LogP) is 3.57. The summed E-state index contributed by atoms with van der Waals surface area (Å²) in [6.07, 6.45) is 10.2. The van der Waals surface area contributed by atoms with Gasteiger partial charge in [0.25, 0.3) is 5.91 Å². The summed E-state index contributed by atoms with van der Waals surface area (Å²) in [5.74, 6) is -1.18. The van der Waals surface area contributed by atoms with Crippen molar-refractivity contribution in [2.24, 2.45) is 11.7 Å². The van der Waals surface area contributed by atoms with Crippen molar-refractivity contribution in [3.05, 3.63) is 71.5 Å². The highest BCUT2D eigenvalue weighted by Gasteiger charge is 2.46. The van der Waals surface area contributed by atoms with Crippen molar-refractivity contribution in [2.75, 3.05) is 11.9 Å². The van der Waals surface area contributed by atoms with Crippen LogP contribution in [-0.4, -0.2) is 39.6 Å². The van der Waals surface area contributed by atoms with Crippen LogP contribution in [0.25, 0.3) is 0 Å². The second-order valence-electron chi connectivity index (χ2n) is 10.7. The van der Waals surface area contributed by atoms with Gasteiger partial charge in [0.05, 0.1) is 24.3 Å². The van der Waals surface area contributed by atoms with E-state index in [0.717, 1.165) is 18.4 Å². The molecule has 0 bridgehead atoms. The molecule has 0 spiro atoms. The zero-order chi connectivity index (χ0) is 27.5. The Morgan fingerprint density at radius 2 is 1.95 bits per heavy atom. The second kappa shape index (κ2) is 10.8. The van der Waals surface area contributed by atoms with Crippen molar-refractivity contribution < 1.29 is 14.4 Å². The Kier molecular flexibility index (Phi) is 7.76. The quantitative estimate of drug-likeness (QED) is 0.403. The standard InChI is InChI=1S/C29H38N6O3/c1-5-19-12-14-21(15-13-19)29(6-2,27(38)31-18-24(30)36)34-26(37)22-17-32-35-25(22)33-23(16-28(35,3)4)20-10-8-7-9-11-20/h7-14,17,21,23,33H,5-6,15-16,18H2,1-4H3,(H2,30,36)(H,31,38)(H,34,37)/t21?,23-,29?/m1/s1. The number of fused-ring (bicyclic) bond motifs is 1. The maximum Gasteiger partial charge on any atom is 0.257 e. The van der Waals surface area contributed by atoms with E-state index in [1.54, 1.807) is 6.20 Å². The molecule has 9 heteroatoms. The van der Waals surface area contributed by atoms with E-state index in [0.29, 0.717) is 24.2 Å². The molecule has 5 N–H and O–H groups in total. The molecule has 9 nitrogen and oxygen atoms in total. The molecule has 2 heterocycles. The summed E-state index contributed by atoms with van der Waals surface area (Å²) < 4.78 is 1.85. The first-order valence-electron chi connectivity index (χ1n) is 13.3. The normalized spacial score (nSPS) is 21.3. The van der Waals surface area contributed by atoms with Crippen molar-refractivity contribution in [1.29, 1.82) is 0 Å². The maximum atomic E-state index is 13.9. The highest BCUT2D eigenvalue weighted by Crippen LogP contribution is 2.40. The van der Waals surface area contributed by atoms with Crippen LogP contribution in [0.3, 0.4) is 0 Å². The average molecular weight is 519 g/mol. The van der Waals surface area contributed by atoms with Gasteiger partial charge in [-0.2, -0.15) is 5.10 Å². The van der Waals surface area contributed by atoms with Crippen molar-refractivity contribution in [3.8, 4) is 0 Å². The van der Waals surface area contributed by atoms with Crippen LogP contribution in [0.5, 0.6) is 0 Å². The van der Waals surface area contributed by atoms with Gasteiger partial charge in [0.2, 0.25) is 11.8 Å². The van der Waals surface area contributed by atoms with Gasteiger partial charge in [-0.15, -0.1) is 0 Å². The molecule has 4 rings (SSSR count). The highest BCUT2D eigenvalue weighted by atomic mass is 16.2. The van der Waals surface area contributed by atoms with Gasteiger partial charge >= 0.3 is 0 Å². The maximum absolute atomic E-state index is 13.9. The van der Waals surface area contributed by atoms with E-state index in [9.17, 15) is 14.4 Å².